The zero-order chi connectivity index (χ0) is 15.8. The number of rotatable bonds is 2. The minimum Gasteiger partial charge on any atom is -0.297 e. The third-order valence-corrected chi connectivity index (χ3v) is 4.24. The lowest BCUT2D eigenvalue weighted by Crippen LogP contribution is -1.96. The van der Waals surface area contributed by atoms with Crippen molar-refractivity contribution in [2.45, 2.75) is 13.8 Å². The summed E-state index contributed by atoms with van der Waals surface area (Å²) in [6, 6.07) is 25.6. The van der Waals surface area contributed by atoms with E-state index in [9.17, 15) is 0 Å². The van der Waals surface area contributed by atoms with Gasteiger partial charge in [-0.2, -0.15) is 0 Å². The second-order valence-electron chi connectivity index (χ2n) is 5.90. The molecular formula is C21H18N2. The number of fused-ring (bicyclic) bond motifs is 1. The largest absolute Gasteiger partial charge is 0.297 e. The number of aryl methyl sites for hydroxylation is 2. The smallest absolute Gasteiger partial charge is 0.111 e. The van der Waals surface area contributed by atoms with Gasteiger partial charge in [0.05, 0.1) is 11.0 Å². The van der Waals surface area contributed by atoms with Gasteiger partial charge < -0.3 is 0 Å². The molecule has 0 aliphatic heterocycles. The van der Waals surface area contributed by atoms with Crippen molar-refractivity contribution in [1.82, 2.24) is 9.55 Å². The first-order valence-electron chi connectivity index (χ1n) is 7.84. The molecule has 0 aliphatic rings. The predicted octanol–water partition coefficient (Wildman–Crippen LogP) is 5.31. The second kappa shape index (κ2) is 5.40. The van der Waals surface area contributed by atoms with Gasteiger partial charge in [-0.1, -0.05) is 54.1 Å². The van der Waals surface area contributed by atoms with E-state index in [0.29, 0.717) is 0 Å². The Labute approximate surface area is 136 Å². The van der Waals surface area contributed by atoms with Crippen LogP contribution in [0, 0.1) is 13.8 Å². The highest BCUT2D eigenvalue weighted by atomic mass is 15.1. The van der Waals surface area contributed by atoms with E-state index in [2.05, 4.69) is 83.2 Å². The topological polar surface area (TPSA) is 17.8 Å². The summed E-state index contributed by atoms with van der Waals surface area (Å²) in [5.41, 5.74) is 7.09. The highest BCUT2D eigenvalue weighted by Crippen LogP contribution is 2.25. The van der Waals surface area contributed by atoms with Gasteiger partial charge in [0, 0.05) is 5.69 Å². The van der Waals surface area contributed by atoms with Gasteiger partial charge in [0.25, 0.3) is 0 Å². The van der Waals surface area contributed by atoms with Gasteiger partial charge in [-0.25, -0.2) is 4.98 Å². The molecule has 0 N–H and O–H groups in total. The van der Waals surface area contributed by atoms with E-state index < -0.39 is 0 Å². The molecule has 0 saturated carbocycles. The molecule has 2 heteroatoms. The third-order valence-electron chi connectivity index (χ3n) is 4.24. The Hall–Kier alpha value is -2.87. The molecule has 4 aromatic rings. The standard InChI is InChI=1S/C21H18N2/c1-15-7-9-17(10-8-15)18-11-13-19(14-12-18)23-16(2)22-20-5-3-4-6-21(20)23/h3-14H,1-2H3. The van der Waals surface area contributed by atoms with Gasteiger partial charge in [0.2, 0.25) is 0 Å². The molecule has 0 saturated heterocycles. The first kappa shape index (κ1) is 13.8. The third kappa shape index (κ3) is 2.42. The minimum atomic E-state index is 1.01. The zero-order valence-electron chi connectivity index (χ0n) is 13.3. The molecule has 0 unspecified atom stereocenters. The van der Waals surface area contributed by atoms with Crippen LogP contribution >= 0.6 is 0 Å². The summed E-state index contributed by atoms with van der Waals surface area (Å²) in [4.78, 5) is 4.64. The Balaban J connectivity index is 1.78. The van der Waals surface area contributed by atoms with Crippen LogP contribution < -0.4 is 0 Å². The number of imidazole rings is 1. The molecule has 0 amide bonds. The van der Waals surface area contributed by atoms with E-state index in [0.717, 1.165) is 22.5 Å². The van der Waals surface area contributed by atoms with Crippen molar-refractivity contribution in [2.75, 3.05) is 0 Å². The Bertz CT molecular complexity index is 961. The fourth-order valence-corrected chi connectivity index (χ4v) is 3.02. The molecule has 3 aromatic carbocycles. The summed E-state index contributed by atoms with van der Waals surface area (Å²) in [7, 11) is 0. The molecule has 0 aliphatic carbocycles. The van der Waals surface area contributed by atoms with Crippen LogP contribution in [0.4, 0.5) is 0 Å². The van der Waals surface area contributed by atoms with Crippen molar-refractivity contribution in [3.63, 3.8) is 0 Å². The molecule has 0 fully saturated rings. The van der Waals surface area contributed by atoms with Gasteiger partial charge in [-0.15, -0.1) is 0 Å². The maximum Gasteiger partial charge on any atom is 0.111 e. The highest BCUT2D eigenvalue weighted by molar-refractivity contribution is 5.78. The molecule has 0 bridgehead atoms. The lowest BCUT2D eigenvalue weighted by molar-refractivity contribution is 1.00. The van der Waals surface area contributed by atoms with Crippen LogP contribution in [0.25, 0.3) is 27.8 Å². The number of benzene rings is 3. The Morgan fingerprint density at radius 3 is 2.00 bits per heavy atom. The fraction of sp³-hybridized carbons (Fsp3) is 0.0952. The molecule has 112 valence electrons. The average molecular weight is 298 g/mol. The molecule has 1 heterocycles. The summed E-state index contributed by atoms with van der Waals surface area (Å²) >= 11 is 0. The molecule has 2 nitrogen and oxygen atoms in total. The summed E-state index contributed by atoms with van der Waals surface area (Å²) in [5.74, 6) is 1.01. The Kier molecular flexibility index (Phi) is 3.23. The Morgan fingerprint density at radius 1 is 0.696 bits per heavy atom. The van der Waals surface area contributed by atoms with Crippen LogP contribution in [0.15, 0.2) is 72.8 Å². The van der Waals surface area contributed by atoms with Crippen molar-refractivity contribution in [1.29, 1.82) is 0 Å². The summed E-state index contributed by atoms with van der Waals surface area (Å²) in [5, 5.41) is 0. The van der Waals surface area contributed by atoms with E-state index in [1.807, 2.05) is 13.0 Å². The summed E-state index contributed by atoms with van der Waals surface area (Å²) in [6.45, 7) is 4.16. The minimum absolute atomic E-state index is 1.01. The highest BCUT2D eigenvalue weighted by Gasteiger charge is 2.08. The molecule has 1 aromatic heterocycles. The normalized spacial score (nSPS) is 11.0. The van der Waals surface area contributed by atoms with Gasteiger partial charge in [0.15, 0.2) is 0 Å². The van der Waals surface area contributed by atoms with Crippen molar-refractivity contribution < 1.29 is 0 Å². The van der Waals surface area contributed by atoms with Crippen LogP contribution in [0.1, 0.15) is 11.4 Å². The van der Waals surface area contributed by atoms with Crippen LogP contribution in [0.2, 0.25) is 0 Å². The average Bonchev–Trinajstić information content (AvgIpc) is 2.91. The molecule has 0 atom stereocenters. The number of para-hydroxylation sites is 2. The van der Waals surface area contributed by atoms with Crippen molar-refractivity contribution in [3.05, 3.63) is 84.2 Å². The lowest BCUT2D eigenvalue weighted by atomic mass is 10.0. The molecular weight excluding hydrogens is 280 g/mol. The van der Waals surface area contributed by atoms with Crippen LogP contribution in [-0.2, 0) is 0 Å². The van der Waals surface area contributed by atoms with Crippen molar-refractivity contribution >= 4 is 11.0 Å². The maximum absolute atomic E-state index is 4.64. The monoisotopic (exact) mass is 298 g/mol. The summed E-state index contributed by atoms with van der Waals surface area (Å²) in [6.07, 6.45) is 0. The van der Waals surface area contributed by atoms with Crippen LogP contribution in [0.3, 0.4) is 0 Å². The molecule has 0 radical (unpaired) electrons. The van der Waals surface area contributed by atoms with Crippen molar-refractivity contribution in [2.24, 2.45) is 0 Å². The summed E-state index contributed by atoms with van der Waals surface area (Å²) < 4.78 is 2.20. The lowest BCUT2D eigenvalue weighted by Gasteiger charge is -2.09. The van der Waals surface area contributed by atoms with E-state index in [-0.39, 0.29) is 0 Å². The zero-order valence-corrected chi connectivity index (χ0v) is 13.3. The van der Waals surface area contributed by atoms with E-state index in [4.69, 9.17) is 0 Å². The molecule has 0 spiro atoms. The fourth-order valence-electron chi connectivity index (χ4n) is 3.02. The maximum atomic E-state index is 4.64. The molecule has 4 rings (SSSR count). The first-order chi connectivity index (χ1) is 11.2. The number of nitrogens with zero attached hydrogens (tertiary/aromatic N) is 2. The molecule has 23 heavy (non-hydrogen) atoms. The number of hydrogen-bond acceptors (Lipinski definition) is 1. The second-order valence-corrected chi connectivity index (χ2v) is 5.90. The van der Waals surface area contributed by atoms with Crippen LogP contribution in [0.5, 0.6) is 0 Å². The predicted molar refractivity (Wildman–Crippen MR) is 96.0 cm³/mol. The number of hydrogen-bond donors (Lipinski definition) is 0. The Morgan fingerprint density at radius 2 is 1.30 bits per heavy atom. The number of aromatic nitrogens is 2. The quantitative estimate of drug-likeness (QED) is 0.490. The SMILES string of the molecule is Cc1ccc(-c2ccc(-n3c(C)nc4ccccc43)cc2)cc1. The van der Waals surface area contributed by atoms with Crippen LogP contribution in [-0.4, -0.2) is 9.55 Å². The van der Waals surface area contributed by atoms with Gasteiger partial charge in [0.1, 0.15) is 5.82 Å². The van der Waals surface area contributed by atoms with Crippen molar-refractivity contribution in [3.8, 4) is 16.8 Å². The van der Waals surface area contributed by atoms with E-state index >= 15 is 0 Å². The van der Waals surface area contributed by atoms with Gasteiger partial charge in [-0.3, -0.25) is 4.57 Å². The van der Waals surface area contributed by atoms with Gasteiger partial charge in [-0.05, 0) is 49.2 Å². The van der Waals surface area contributed by atoms with E-state index in [1.165, 1.54) is 16.7 Å². The van der Waals surface area contributed by atoms with Gasteiger partial charge >= 0.3 is 0 Å². The van der Waals surface area contributed by atoms with E-state index in [1.54, 1.807) is 0 Å². The first-order valence-corrected chi connectivity index (χ1v) is 7.84.